The first-order valence-electron chi connectivity index (χ1n) is 5.26. The summed E-state index contributed by atoms with van der Waals surface area (Å²) in [6.07, 6.45) is 0.491. The van der Waals surface area contributed by atoms with Gasteiger partial charge in [0, 0.05) is 11.1 Å². The van der Waals surface area contributed by atoms with Gasteiger partial charge in [-0.2, -0.15) is 0 Å². The Morgan fingerprint density at radius 3 is 1.71 bits per heavy atom. The molecule has 1 rings (SSSR count). The normalized spacial score (nSPS) is 31.1. The molecule has 0 radical (unpaired) electrons. The van der Waals surface area contributed by atoms with Crippen LogP contribution in [0.15, 0.2) is 0 Å². The van der Waals surface area contributed by atoms with Gasteiger partial charge < -0.3 is 15.5 Å². The largest absolute Gasteiger partial charge is 0.390 e. The topological polar surface area (TPSA) is 52.5 Å². The zero-order chi connectivity index (χ0) is 11.2. The van der Waals surface area contributed by atoms with Crippen molar-refractivity contribution >= 4 is 0 Å². The zero-order valence-electron chi connectivity index (χ0n) is 9.89. The van der Waals surface area contributed by atoms with Crippen molar-refractivity contribution in [3.8, 4) is 0 Å². The Morgan fingerprint density at radius 1 is 1.07 bits per heavy atom. The summed E-state index contributed by atoms with van der Waals surface area (Å²) in [7, 11) is 0. The van der Waals surface area contributed by atoms with Crippen LogP contribution in [0.5, 0.6) is 0 Å². The highest BCUT2D eigenvalue weighted by atomic mass is 16.3. The Labute approximate surface area is 86.5 Å². The SMILES string of the molecule is CC(O)C1(O)CC(C)(C)NC(C)(C)C1. The van der Waals surface area contributed by atoms with Gasteiger partial charge in [-0.15, -0.1) is 0 Å². The van der Waals surface area contributed by atoms with E-state index in [0.29, 0.717) is 12.8 Å². The average molecular weight is 201 g/mol. The second-order valence-corrected chi connectivity index (χ2v) is 6.03. The molecule has 1 fully saturated rings. The first-order chi connectivity index (χ1) is 6.06. The van der Waals surface area contributed by atoms with Gasteiger partial charge in [-0.05, 0) is 47.5 Å². The number of nitrogens with one attached hydrogen (secondary N) is 1. The Kier molecular flexibility index (Phi) is 2.72. The van der Waals surface area contributed by atoms with Crippen LogP contribution >= 0.6 is 0 Å². The fraction of sp³-hybridized carbons (Fsp3) is 1.00. The van der Waals surface area contributed by atoms with Crippen LogP contribution in [0.3, 0.4) is 0 Å². The molecule has 0 aromatic carbocycles. The van der Waals surface area contributed by atoms with Crippen LogP contribution in [0.25, 0.3) is 0 Å². The maximum absolute atomic E-state index is 10.3. The van der Waals surface area contributed by atoms with Crippen LogP contribution in [0, 0.1) is 0 Å². The molecule has 1 atom stereocenters. The van der Waals surface area contributed by atoms with Crippen LogP contribution in [-0.2, 0) is 0 Å². The molecule has 0 aromatic heterocycles. The minimum absolute atomic E-state index is 0.131. The van der Waals surface area contributed by atoms with E-state index < -0.39 is 11.7 Å². The van der Waals surface area contributed by atoms with Gasteiger partial charge in [-0.3, -0.25) is 0 Å². The molecule has 1 aliphatic rings. The second-order valence-electron chi connectivity index (χ2n) is 6.03. The van der Waals surface area contributed by atoms with Crippen molar-refractivity contribution in [1.29, 1.82) is 0 Å². The van der Waals surface area contributed by atoms with E-state index in [4.69, 9.17) is 0 Å². The van der Waals surface area contributed by atoms with Crippen LogP contribution in [-0.4, -0.2) is 33.0 Å². The van der Waals surface area contributed by atoms with E-state index >= 15 is 0 Å². The van der Waals surface area contributed by atoms with Gasteiger partial charge in [0.25, 0.3) is 0 Å². The molecule has 3 nitrogen and oxygen atoms in total. The van der Waals surface area contributed by atoms with Crippen LogP contribution < -0.4 is 5.32 Å². The number of piperidine rings is 1. The van der Waals surface area contributed by atoms with Crippen molar-refractivity contribution in [1.82, 2.24) is 5.32 Å². The predicted molar refractivity (Wildman–Crippen MR) is 57.2 cm³/mol. The third-order valence-electron chi connectivity index (χ3n) is 2.95. The predicted octanol–water partition coefficient (Wildman–Crippen LogP) is 1.04. The van der Waals surface area contributed by atoms with Gasteiger partial charge in [0.2, 0.25) is 0 Å². The first kappa shape index (κ1) is 12.0. The van der Waals surface area contributed by atoms with E-state index in [-0.39, 0.29) is 11.1 Å². The summed E-state index contributed by atoms with van der Waals surface area (Å²) in [4.78, 5) is 0. The molecule has 3 N–H and O–H groups in total. The molecule has 0 spiro atoms. The molecule has 0 aromatic rings. The number of hydrogen-bond acceptors (Lipinski definition) is 3. The molecule has 0 bridgehead atoms. The highest BCUT2D eigenvalue weighted by Gasteiger charge is 2.48. The Morgan fingerprint density at radius 2 is 1.43 bits per heavy atom. The quantitative estimate of drug-likeness (QED) is 0.594. The van der Waals surface area contributed by atoms with Gasteiger partial charge in [0.05, 0.1) is 11.7 Å². The minimum Gasteiger partial charge on any atom is -0.390 e. The maximum Gasteiger partial charge on any atom is 0.0937 e. The van der Waals surface area contributed by atoms with E-state index in [0.717, 1.165) is 0 Å². The Hall–Kier alpha value is -0.120. The van der Waals surface area contributed by atoms with Gasteiger partial charge in [-0.25, -0.2) is 0 Å². The fourth-order valence-electron chi connectivity index (χ4n) is 2.89. The van der Waals surface area contributed by atoms with E-state index in [2.05, 4.69) is 33.0 Å². The highest BCUT2D eigenvalue weighted by molar-refractivity contribution is 5.05. The van der Waals surface area contributed by atoms with Crippen LogP contribution in [0.1, 0.15) is 47.5 Å². The van der Waals surface area contributed by atoms with Gasteiger partial charge in [0.1, 0.15) is 0 Å². The molecule has 14 heavy (non-hydrogen) atoms. The van der Waals surface area contributed by atoms with Crippen molar-refractivity contribution < 1.29 is 10.2 Å². The molecule has 0 aliphatic carbocycles. The van der Waals surface area contributed by atoms with Gasteiger partial charge in [-0.1, -0.05) is 0 Å². The van der Waals surface area contributed by atoms with Crippen molar-refractivity contribution in [3.63, 3.8) is 0 Å². The van der Waals surface area contributed by atoms with Crippen molar-refractivity contribution in [2.75, 3.05) is 0 Å². The maximum atomic E-state index is 10.3. The summed E-state index contributed by atoms with van der Waals surface area (Å²) < 4.78 is 0. The molecule has 1 heterocycles. The standard InChI is InChI=1S/C11H23NO2/c1-8(13)11(14)6-9(2,3)12-10(4,5)7-11/h8,12-14H,6-7H2,1-5H3. The molecule has 1 aliphatic heterocycles. The lowest BCUT2D eigenvalue weighted by Crippen LogP contribution is -2.66. The molecular formula is C11H23NO2. The minimum atomic E-state index is -0.960. The second kappa shape index (κ2) is 3.19. The lowest BCUT2D eigenvalue weighted by Gasteiger charge is -2.51. The summed E-state index contributed by atoms with van der Waals surface area (Å²) in [6.45, 7) is 9.89. The number of rotatable bonds is 1. The molecule has 84 valence electrons. The molecule has 1 unspecified atom stereocenters. The van der Waals surface area contributed by atoms with Crippen molar-refractivity contribution in [2.45, 2.75) is 70.2 Å². The van der Waals surface area contributed by atoms with E-state index in [1.54, 1.807) is 6.92 Å². The van der Waals surface area contributed by atoms with Crippen molar-refractivity contribution in [2.24, 2.45) is 0 Å². The molecule has 0 saturated carbocycles. The summed E-state index contributed by atoms with van der Waals surface area (Å²) in [6, 6.07) is 0. The van der Waals surface area contributed by atoms with E-state index in [1.807, 2.05) is 0 Å². The lowest BCUT2D eigenvalue weighted by molar-refractivity contribution is -0.125. The smallest absolute Gasteiger partial charge is 0.0937 e. The lowest BCUT2D eigenvalue weighted by atomic mass is 9.71. The molecular weight excluding hydrogens is 178 g/mol. The summed E-state index contributed by atoms with van der Waals surface area (Å²) in [5.41, 5.74) is -1.22. The number of aliphatic hydroxyl groups is 2. The summed E-state index contributed by atoms with van der Waals surface area (Å²) >= 11 is 0. The van der Waals surface area contributed by atoms with Gasteiger partial charge in [0.15, 0.2) is 0 Å². The number of hydrogen-bond donors (Lipinski definition) is 3. The zero-order valence-corrected chi connectivity index (χ0v) is 9.89. The molecule has 1 saturated heterocycles. The third kappa shape index (κ3) is 2.47. The monoisotopic (exact) mass is 201 g/mol. The van der Waals surface area contributed by atoms with Crippen LogP contribution in [0.2, 0.25) is 0 Å². The molecule has 0 amide bonds. The van der Waals surface area contributed by atoms with Crippen LogP contribution in [0.4, 0.5) is 0 Å². The first-order valence-corrected chi connectivity index (χ1v) is 5.26. The third-order valence-corrected chi connectivity index (χ3v) is 2.95. The summed E-state index contributed by atoms with van der Waals surface area (Å²) in [5, 5.41) is 23.4. The van der Waals surface area contributed by atoms with E-state index in [1.165, 1.54) is 0 Å². The van der Waals surface area contributed by atoms with Gasteiger partial charge >= 0.3 is 0 Å². The fourth-order valence-corrected chi connectivity index (χ4v) is 2.89. The summed E-state index contributed by atoms with van der Waals surface area (Å²) in [5.74, 6) is 0. The Bertz CT molecular complexity index is 205. The Balaban J connectivity index is 2.92. The van der Waals surface area contributed by atoms with Crippen molar-refractivity contribution in [3.05, 3.63) is 0 Å². The van der Waals surface area contributed by atoms with E-state index in [9.17, 15) is 10.2 Å². The highest BCUT2D eigenvalue weighted by Crippen LogP contribution is 2.37. The number of aliphatic hydroxyl groups excluding tert-OH is 1. The molecule has 3 heteroatoms. The average Bonchev–Trinajstić information content (AvgIpc) is 1.76.